The van der Waals surface area contributed by atoms with Gasteiger partial charge in [-0.05, 0) is 0 Å². The molecule has 0 aromatic carbocycles. The van der Waals surface area contributed by atoms with Crippen molar-refractivity contribution in [2.45, 2.75) is 26.7 Å². The van der Waals surface area contributed by atoms with Crippen LogP contribution in [0.5, 0.6) is 0 Å². The Morgan fingerprint density at radius 2 is 1.21 bits per heavy atom. The normalized spacial score (nSPS) is 9.57. The molecule has 0 saturated carbocycles. The lowest BCUT2D eigenvalue weighted by atomic mass is 10.5. The molecule has 6 heteroatoms. The summed E-state index contributed by atoms with van der Waals surface area (Å²) < 4.78 is 0. The second-order valence-electron chi connectivity index (χ2n) is 2.26. The summed E-state index contributed by atoms with van der Waals surface area (Å²) in [5.41, 5.74) is 0. The first-order valence-corrected chi connectivity index (χ1v) is 4.35. The molecule has 0 aliphatic rings. The smallest absolute Gasteiger partial charge is 0.298 e. The van der Waals surface area contributed by atoms with E-state index in [1.165, 1.54) is 0 Å². The maximum Gasteiger partial charge on any atom is 0.342 e. The monoisotopic (exact) mass is 206 g/mol. The molecule has 0 aromatic heterocycles. The summed E-state index contributed by atoms with van der Waals surface area (Å²) in [5, 5.41) is 0. The minimum absolute atomic E-state index is 0.0166. The van der Waals surface area contributed by atoms with Crippen molar-refractivity contribution in [2.24, 2.45) is 0 Å². The first kappa shape index (κ1) is 12.9. The number of hydrogen-bond acceptors (Lipinski definition) is 6. The van der Waals surface area contributed by atoms with Crippen LogP contribution in [-0.2, 0) is 29.1 Å². The van der Waals surface area contributed by atoms with Crippen molar-refractivity contribution in [2.75, 3.05) is 13.2 Å². The van der Waals surface area contributed by atoms with E-state index in [4.69, 9.17) is 0 Å². The Bertz CT molecular complexity index is 159. The van der Waals surface area contributed by atoms with Crippen LogP contribution in [0.4, 0.5) is 0 Å². The second kappa shape index (κ2) is 8.46. The van der Waals surface area contributed by atoms with Gasteiger partial charge < -0.3 is 0 Å². The molecule has 0 aliphatic heterocycles. The molecular weight excluding hydrogens is 192 g/mol. The van der Waals surface area contributed by atoms with Gasteiger partial charge >= 0.3 is 11.9 Å². The van der Waals surface area contributed by atoms with Crippen LogP contribution in [-0.4, -0.2) is 25.2 Å². The van der Waals surface area contributed by atoms with Gasteiger partial charge in [0.05, 0.1) is 0 Å². The average molecular weight is 206 g/mol. The van der Waals surface area contributed by atoms with E-state index in [0.29, 0.717) is 0 Å². The van der Waals surface area contributed by atoms with E-state index in [1.807, 2.05) is 0 Å². The molecule has 0 bridgehead atoms. The standard InChI is InChI=1S/C8H14O6/c1-3-7(9)13-11-5-6-12-14-8(10)4-2/h3-6H2,1-2H3. The van der Waals surface area contributed by atoms with E-state index < -0.39 is 11.9 Å². The van der Waals surface area contributed by atoms with Gasteiger partial charge in [-0.3, -0.25) is 9.78 Å². The van der Waals surface area contributed by atoms with E-state index in [-0.39, 0.29) is 26.1 Å². The molecule has 0 atom stereocenters. The molecule has 14 heavy (non-hydrogen) atoms. The van der Waals surface area contributed by atoms with E-state index in [1.54, 1.807) is 13.8 Å². The summed E-state index contributed by atoms with van der Waals surface area (Å²) in [5.74, 6) is -0.925. The van der Waals surface area contributed by atoms with Gasteiger partial charge in [-0.1, -0.05) is 13.8 Å². The Kier molecular flexibility index (Phi) is 7.77. The molecule has 0 spiro atoms. The average Bonchev–Trinajstić information content (AvgIpc) is 2.22. The van der Waals surface area contributed by atoms with Gasteiger partial charge in [0, 0.05) is 12.8 Å². The fourth-order valence-electron chi connectivity index (χ4n) is 0.401. The summed E-state index contributed by atoms with van der Waals surface area (Å²) >= 11 is 0. The van der Waals surface area contributed by atoms with E-state index in [2.05, 4.69) is 19.6 Å². The molecule has 0 amide bonds. The van der Waals surface area contributed by atoms with Gasteiger partial charge in [0.1, 0.15) is 13.2 Å². The zero-order chi connectivity index (χ0) is 10.8. The van der Waals surface area contributed by atoms with Crippen molar-refractivity contribution in [1.82, 2.24) is 0 Å². The van der Waals surface area contributed by atoms with Gasteiger partial charge in [-0.2, -0.15) is 9.78 Å². The topological polar surface area (TPSA) is 71.1 Å². The number of rotatable bonds is 7. The summed E-state index contributed by atoms with van der Waals surface area (Å²) in [6.07, 6.45) is 0.483. The SMILES string of the molecule is CCC(=O)OOCCOOC(=O)CC. The molecule has 0 fully saturated rings. The van der Waals surface area contributed by atoms with Crippen molar-refractivity contribution in [3.63, 3.8) is 0 Å². The molecule has 0 heterocycles. The number of carbonyl (C=O) groups is 2. The first-order valence-electron chi connectivity index (χ1n) is 4.35. The van der Waals surface area contributed by atoms with Gasteiger partial charge in [0.2, 0.25) is 0 Å². The van der Waals surface area contributed by atoms with Gasteiger partial charge in [-0.25, -0.2) is 9.59 Å². The van der Waals surface area contributed by atoms with Crippen LogP contribution in [0.15, 0.2) is 0 Å². The molecule has 0 radical (unpaired) electrons. The maximum absolute atomic E-state index is 10.5. The third kappa shape index (κ3) is 7.51. The lowest BCUT2D eigenvalue weighted by Gasteiger charge is -2.02. The predicted octanol–water partition coefficient (Wildman–Crippen LogP) is 0.756. The molecule has 82 valence electrons. The predicted molar refractivity (Wildman–Crippen MR) is 44.7 cm³/mol. The lowest BCUT2D eigenvalue weighted by molar-refractivity contribution is -0.312. The Balaban J connectivity index is 3.14. The Hall–Kier alpha value is -1.14. The van der Waals surface area contributed by atoms with Gasteiger partial charge in [0.15, 0.2) is 0 Å². The molecule has 0 aliphatic carbocycles. The first-order chi connectivity index (χ1) is 6.70. The fraction of sp³-hybridized carbons (Fsp3) is 0.750. The van der Waals surface area contributed by atoms with E-state index in [0.717, 1.165) is 0 Å². The van der Waals surface area contributed by atoms with Crippen LogP contribution in [0.25, 0.3) is 0 Å². The summed E-state index contributed by atoms with van der Waals surface area (Å²) in [4.78, 5) is 38.5. The third-order valence-corrected chi connectivity index (χ3v) is 1.13. The molecule has 6 nitrogen and oxygen atoms in total. The second-order valence-corrected chi connectivity index (χ2v) is 2.26. The largest absolute Gasteiger partial charge is 0.342 e. The highest BCUT2D eigenvalue weighted by Crippen LogP contribution is 1.89. The van der Waals surface area contributed by atoms with Crippen LogP contribution in [0, 0.1) is 0 Å². The summed E-state index contributed by atoms with van der Waals surface area (Å²) in [6, 6.07) is 0. The third-order valence-electron chi connectivity index (χ3n) is 1.13. The molecule has 0 saturated heterocycles. The van der Waals surface area contributed by atoms with E-state index >= 15 is 0 Å². The highest BCUT2D eigenvalue weighted by atomic mass is 17.2. The number of hydrogen-bond donors (Lipinski definition) is 0. The molecule has 0 aromatic rings. The molecular formula is C8H14O6. The fourth-order valence-corrected chi connectivity index (χ4v) is 0.401. The maximum atomic E-state index is 10.5. The molecule has 0 N–H and O–H groups in total. The van der Waals surface area contributed by atoms with Gasteiger partial charge in [-0.15, -0.1) is 0 Å². The summed E-state index contributed by atoms with van der Waals surface area (Å²) in [6.45, 7) is 3.32. The Labute approximate surface area is 81.9 Å². The van der Waals surface area contributed by atoms with E-state index in [9.17, 15) is 9.59 Å². The van der Waals surface area contributed by atoms with Crippen LogP contribution < -0.4 is 0 Å². The Morgan fingerprint density at radius 3 is 1.50 bits per heavy atom. The highest BCUT2D eigenvalue weighted by molar-refractivity contribution is 5.68. The zero-order valence-electron chi connectivity index (χ0n) is 8.28. The van der Waals surface area contributed by atoms with Crippen molar-refractivity contribution < 1.29 is 29.1 Å². The van der Waals surface area contributed by atoms with Crippen molar-refractivity contribution in [1.29, 1.82) is 0 Å². The van der Waals surface area contributed by atoms with Gasteiger partial charge in [0.25, 0.3) is 0 Å². The lowest BCUT2D eigenvalue weighted by Crippen LogP contribution is -2.11. The summed E-state index contributed by atoms with van der Waals surface area (Å²) in [7, 11) is 0. The molecule has 0 rings (SSSR count). The van der Waals surface area contributed by atoms with Crippen LogP contribution in [0.2, 0.25) is 0 Å². The van der Waals surface area contributed by atoms with Crippen molar-refractivity contribution in [3.8, 4) is 0 Å². The number of carbonyl (C=O) groups excluding carboxylic acids is 2. The van der Waals surface area contributed by atoms with Crippen molar-refractivity contribution >= 4 is 11.9 Å². The highest BCUT2D eigenvalue weighted by Gasteiger charge is 2.01. The zero-order valence-corrected chi connectivity index (χ0v) is 8.28. The van der Waals surface area contributed by atoms with Crippen LogP contribution in [0.3, 0.4) is 0 Å². The Morgan fingerprint density at radius 1 is 0.857 bits per heavy atom. The quantitative estimate of drug-likeness (QED) is 0.348. The minimum Gasteiger partial charge on any atom is -0.298 e. The molecule has 0 unspecified atom stereocenters. The van der Waals surface area contributed by atoms with Crippen LogP contribution in [0.1, 0.15) is 26.7 Å². The minimum atomic E-state index is -0.462. The van der Waals surface area contributed by atoms with Crippen molar-refractivity contribution in [3.05, 3.63) is 0 Å². The van der Waals surface area contributed by atoms with Crippen LogP contribution >= 0.6 is 0 Å².